The van der Waals surface area contributed by atoms with Gasteiger partial charge in [0.15, 0.2) is 0 Å². The van der Waals surface area contributed by atoms with Gasteiger partial charge >= 0.3 is 11.8 Å². The zero-order valence-corrected chi connectivity index (χ0v) is 12.8. The van der Waals surface area contributed by atoms with E-state index in [9.17, 15) is 9.59 Å². The van der Waals surface area contributed by atoms with Gasteiger partial charge in [0.25, 0.3) is 0 Å². The van der Waals surface area contributed by atoms with E-state index < -0.39 is 0 Å². The van der Waals surface area contributed by atoms with Gasteiger partial charge in [-0.25, -0.2) is 0 Å². The van der Waals surface area contributed by atoms with Crippen molar-refractivity contribution in [2.75, 3.05) is 26.2 Å². The zero-order valence-electron chi connectivity index (χ0n) is 12.8. The Labute approximate surface area is 121 Å². The van der Waals surface area contributed by atoms with Crippen LogP contribution in [-0.4, -0.2) is 47.8 Å². The van der Waals surface area contributed by atoms with Crippen LogP contribution in [-0.2, 0) is 9.59 Å². The number of carbonyl (C=O) groups excluding carboxylic acids is 2. The number of nitriles is 1. The highest BCUT2D eigenvalue weighted by atomic mass is 16.2. The average Bonchev–Trinajstić information content (AvgIpc) is 2.42. The lowest BCUT2D eigenvalue weighted by Crippen LogP contribution is -2.54. The Kier molecular flexibility index (Phi) is 6.00. The first-order valence-electron chi connectivity index (χ1n) is 7.40. The number of nitrogens with zero attached hydrogens (tertiary/aromatic N) is 3. The zero-order chi connectivity index (χ0) is 15.2. The molecule has 0 aliphatic carbocycles. The second-order valence-corrected chi connectivity index (χ2v) is 6.04. The maximum absolute atomic E-state index is 11.9. The molecule has 2 amide bonds. The van der Waals surface area contributed by atoms with Crippen LogP contribution in [0, 0.1) is 16.7 Å². The van der Waals surface area contributed by atoms with Crippen molar-refractivity contribution in [3.8, 4) is 6.07 Å². The molecule has 20 heavy (non-hydrogen) atoms. The first-order chi connectivity index (χ1) is 9.41. The van der Waals surface area contributed by atoms with Crippen molar-refractivity contribution >= 4 is 11.8 Å². The van der Waals surface area contributed by atoms with Gasteiger partial charge in [0, 0.05) is 26.2 Å². The largest absolute Gasteiger partial charge is 0.333 e. The van der Waals surface area contributed by atoms with E-state index in [0.29, 0.717) is 26.2 Å². The van der Waals surface area contributed by atoms with E-state index in [4.69, 9.17) is 5.26 Å². The smallest absolute Gasteiger partial charge is 0.312 e. The van der Waals surface area contributed by atoms with Crippen LogP contribution in [0.15, 0.2) is 0 Å². The third-order valence-electron chi connectivity index (χ3n) is 3.67. The van der Waals surface area contributed by atoms with Crippen LogP contribution in [0.25, 0.3) is 0 Å². The fourth-order valence-electron chi connectivity index (χ4n) is 2.34. The highest BCUT2D eigenvalue weighted by Gasteiger charge is 2.31. The van der Waals surface area contributed by atoms with Crippen LogP contribution in [0.5, 0.6) is 0 Å². The summed E-state index contributed by atoms with van der Waals surface area (Å²) in [5.41, 5.74) is -0.306. The second-order valence-electron chi connectivity index (χ2n) is 6.04. The SMILES string of the molecule is CCCN1CCN(CCCCC(C)(C)C#N)C(=O)C1=O. The van der Waals surface area contributed by atoms with Crippen LogP contribution in [0.4, 0.5) is 0 Å². The summed E-state index contributed by atoms with van der Waals surface area (Å²) in [6, 6.07) is 2.27. The Morgan fingerprint density at radius 3 is 2.15 bits per heavy atom. The van der Waals surface area contributed by atoms with E-state index in [1.807, 2.05) is 20.8 Å². The summed E-state index contributed by atoms with van der Waals surface area (Å²) in [7, 11) is 0. The molecule has 0 atom stereocenters. The first-order valence-corrected chi connectivity index (χ1v) is 7.40. The molecule has 1 aliphatic rings. The number of carbonyl (C=O) groups is 2. The molecule has 5 heteroatoms. The molecule has 1 aliphatic heterocycles. The number of rotatable bonds is 7. The number of piperazine rings is 1. The van der Waals surface area contributed by atoms with Gasteiger partial charge in [-0.3, -0.25) is 9.59 Å². The van der Waals surface area contributed by atoms with E-state index in [-0.39, 0.29) is 17.2 Å². The normalized spacial score (nSPS) is 16.5. The molecular formula is C15H25N3O2. The fraction of sp³-hybridized carbons (Fsp3) is 0.800. The lowest BCUT2D eigenvalue weighted by molar-refractivity contribution is -0.156. The minimum Gasteiger partial charge on any atom is -0.333 e. The average molecular weight is 279 g/mol. The Bertz CT molecular complexity index is 398. The molecule has 0 saturated carbocycles. The maximum atomic E-state index is 11.9. The van der Waals surface area contributed by atoms with Crippen LogP contribution in [0.1, 0.15) is 46.5 Å². The van der Waals surface area contributed by atoms with Crippen LogP contribution >= 0.6 is 0 Å². The highest BCUT2D eigenvalue weighted by molar-refractivity contribution is 6.35. The second kappa shape index (κ2) is 7.28. The molecule has 1 saturated heterocycles. The van der Waals surface area contributed by atoms with E-state index >= 15 is 0 Å². The molecular weight excluding hydrogens is 254 g/mol. The van der Waals surface area contributed by atoms with Crippen molar-refractivity contribution < 1.29 is 9.59 Å². The molecule has 0 aromatic heterocycles. The summed E-state index contributed by atoms with van der Waals surface area (Å²) in [5.74, 6) is -0.736. The first kappa shape index (κ1) is 16.5. The monoisotopic (exact) mass is 279 g/mol. The van der Waals surface area contributed by atoms with Gasteiger partial charge in [-0.15, -0.1) is 0 Å². The van der Waals surface area contributed by atoms with Crippen molar-refractivity contribution in [1.82, 2.24) is 9.80 Å². The third-order valence-corrected chi connectivity index (χ3v) is 3.67. The summed E-state index contributed by atoms with van der Waals surface area (Å²) in [6.07, 6.45) is 3.44. The van der Waals surface area contributed by atoms with Crippen LogP contribution in [0.2, 0.25) is 0 Å². The molecule has 0 aromatic rings. The van der Waals surface area contributed by atoms with E-state index in [2.05, 4.69) is 6.07 Å². The Morgan fingerprint density at radius 1 is 1.10 bits per heavy atom. The molecule has 1 heterocycles. The summed E-state index contributed by atoms with van der Waals surface area (Å²) in [4.78, 5) is 27.1. The molecule has 0 spiro atoms. The molecule has 1 fully saturated rings. The lowest BCUT2D eigenvalue weighted by atomic mass is 9.89. The van der Waals surface area contributed by atoms with Gasteiger partial charge in [-0.2, -0.15) is 5.26 Å². The van der Waals surface area contributed by atoms with E-state index in [1.54, 1.807) is 9.80 Å². The van der Waals surface area contributed by atoms with E-state index in [1.165, 1.54) is 0 Å². The number of amides is 2. The molecule has 0 radical (unpaired) electrons. The Morgan fingerprint density at radius 2 is 1.65 bits per heavy atom. The van der Waals surface area contributed by atoms with Gasteiger partial charge in [-0.05, 0) is 33.1 Å². The fourth-order valence-corrected chi connectivity index (χ4v) is 2.34. The predicted octanol–water partition coefficient (Wildman–Crippen LogP) is 1.79. The molecule has 0 aromatic carbocycles. The Balaban J connectivity index is 2.34. The number of hydrogen-bond acceptors (Lipinski definition) is 3. The van der Waals surface area contributed by atoms with Crippen LogP contribution < -0.4 is 0 Å². The summed E-state index contributed by atoms with van der Waals surface area (Å²) >= 11 is 0. The summed E-state index contributed by atoms with van der Waals surface area (Å²) < 4.78 is 0. The van der Waals surface area contributed by atoms with Crippen molar-refractivity contribution in [3.05, 3.63) is 0 Å². The van der Waals surface area contributed by atoms with Gasteiger partial charge in [0.1, 0.15) is 0 Å². The van der Waals surface area contributed by atoms with Crippen molar-refractivity contribution in [2.45, 2.75) is 46.5 Å². The van der Waals surface area contributed by atoms with Gasteiger partial charge in [-0.1, -0.05) is 13.3 Å². The molecule has 112 valence electrons. The molecule has 1 rings (SSSR count). The third kappa shape index (κ3) is 4.52. The van der Waals surface area contributed by atoms with Gasteiger partial charge in [0.2, 0.25) is 0 Å². The Hall–Kier alpha value is -1.57. The minimum absolute atomic E-state index is 0.306. The van der Waals surface area contributed by atoms with Gasteiger partial charge < -0.3 is 9.80 Å². The molecule has 0 unspecified atom stereocenters. The number of unbranched alkanes of at least 4 members (excludes halogenated alkanes) is 1. The van der Waals surface area contributed by atoms with E-state index in [0.717, 1.165) is 25.7 Å². The van der Waals surface area contributed by atoms with Crippen molar-refractivity contribution in [1.29, 1.82) is 5.26 Å². The predicted molar refractivity (Wildman–Crippen MR) is 76.7 cm³/mol. The quantitative estimate of drug-likeness (QED) is 0.527. The highest BCUT2D eigenvalue weighted by Crippen LogP contribution is 2.21. The molecule has 0 bridgehead atoms. The van der Waals surface area contributed by atoms with Crippen molar-refractivity contribution in [3.63, 3.8) is 0 Å². The topological polar surface area (TPSA) is 64.4 Å². The summed E-state index contributed by atoms with van der Waals surface area (Å²) in [5, 5.41) is 8.93. The van der Waals surface area contributed by atoms with Gasteiger partial charge in [0.05, 0.1) is 11.5 Å². The number of hydrogen-bond donors (Lipinski definition) is 0. The molecule has 0 N–H and O–H groups in total. The lowest BCUT2D eigenvalue weighted by Gasteiger charge is -2.33. The van der Waals surface area contributed by atoms with Crippen LogP contribution in [0.3, 0.4) is 0 Å². The minimum atomic E-state index is -0.371. The molecule has 5 nitrogen and oxygen atoms in total. The summed E-state index contributed by atoms with van der Waals surface area (Å²) in [6.45, 7) is 8.40. The van der Waals surface area contributed by atoms with Crippen molar-refractivity contribution in [2.24, 2.45) is 5.41 Å². The maximum Gasteiger partial charge on any atom is 0.312 e. The standard InChI is InChI=1S/C15H25N3O2/c1-4-8-17-10-11-18(14(20)13(17)19)9-6-5-7-15(2,3)12-16/h4-11H2,1-3H3.